The van der Waals surface area contributed by atoms with E-state index in [1.165, 1.54) is 0 Å². The first-order chi connectivity index (χ1) is 11.8. The van der Waals surface area contributed by atoms with Gasteiger partial charge in [-0.2, -0.15) is 18.2 Å². The summed E-state index contributed by atoms with van der Waals surface area (Å²) in [6.45, 7) is 0. The zero-order valence-electron chi connectivity index (χ0n) is 13.1. The molecule has 1 aromatic carbocycles. The molecule has 1 heterocycles. The van der Waals surface area contributed by atoms with Crippen molar-refractivity contribution in [1.29, 1.82) is 0 Å². The van der Waals surface area contributed by atoms with E-state index in [1.54, 1.807) is 24.3 Å². The number of halogens is 4. The summed E-state index contributed by atoms with van der Waals surface area (Å²) in [7, 11) is 0. The number of hydrogen-bond acceptors (Lipinski definition) is 3. The molecule has 1 saturated carbocycles. The normalized spacial score (nSPS) is 21.1. The van der Waals surface area contributed by atoms with Crippen molar-refractivity contribution in [2.75, 3.05) is 5.32 Å². The summed E-state index contributed by atoms with van der Waals surface area (Å²) in [6.07, 6.45) is -3.58. The van der Waals surface area contributed by atoms with Crippen molar-refractivity contribution in [3.05, 3.63) is 29.3 Å². The molecular weight excluding hydrogens is 357 g/mol. The average molecular weight is 373 g/mol. The van der Waals surface area contributed by atoms with Crippen LogP contribution in [0.2, 0.25) is 5.02 Å². The minimum atomic E-state index is -4.26. The standard InChI is InChI=1S/C16H16ClF3N4O/c17-12-7-2-1-6-11(12)13-21-15(24-23-13)22-14(25)9-4-3-5-10(8-9)16(18,19)20/h1-2,6-7,9-10H,3-5,8H2,(H2,21,22,23,24,25). The molecule has 134 valence electrons. The van der Waals surface area contributed by atoms with Crippen LogP contribution >= 0.6 is 11.6 Å². The van der Waals surface area contributed by atoms with Crippen molar-refractivity contribution in [2.45, 2.75) is 31.9 Å². The van der Waals surface area contributed by atoms with Crippen LogP contribution < -0.4 is 5.32 Å². The predicted octanol–water partition coefficient (Wildman–Crippen LogP) is 4.43. The summed E-state index contributed by atoms with van der Waals surface area (Å²) in [5.74, 6) is -2.21. The Morgan fingerprint density at radius 2 is 2.04 bits per heavy atom. The van der Waals surface area contributed by atoms with Gasteiger partial charge in [-0.05, 0) is 31.4 Å². The highest BCUT2D eigenvalue weighted by Gasteiger charge is 2.43. The van der Waals surface area contributed by atoms with Crippen molar-refractivity contribution in [3.8, 4) is 11.4 Å². The highest BCUT2D eigenvalue weighted by molar-refractivity contribution is 6.33. The highest BCUT2D eigenvalue weighted by Crippen LogP contribution is 2.40. The first-order valence-corrected chi connectivity index (χ1v) is 8.27. The third-order valence-electron chi connectivity index (χ3n) is 4.36. The van der Waals surface area contributed by atoms with Gasteiger partial charge in [-0.1, -0.05) is 30.2 Å². The largest absolute Gasteiger partial charge is 0.391 e. The summed E-state index contributed by atoms with van der Waals surface area (Å²) in [5, 5.41) is 9.51. The van der Waals surface area contributed by atoms with Crippen LogP contribution in [0.3, 0.4) is 0 Å². The fourth-order valence-corrected chi connectivity index (χ4v) is 3.25. The summed E-state index contributed by atoms with van der Waals surface area (Å²) < 4.78 is 38.6. The lowest BCUT2D eigenvalue weighted by atomic mass is 9.80. The van der Waals surface area contributed by atoms with Crippen molar-refractivity contribution in [1.82, 2.24) is 15.2 Å². The lowest BCUT2D eigenvalue weighted by molar-refractivity contribution is -0.185. The number of alkyl halides is 3. The Morgan fingerprint density at radius 1 is 1.28 bits per heavy atom. The quantitative estimate of drug-likeness (QED) is 0.837. The first kappa shape index (κ1) is 17.7. The minimum Gasteiger partial charge on any atom is -0.293 e. The highest BCUT2D eigenvalue weighted by atomic mass is 35.5. The molecule has 3 rings (SSSR count). The molecule has 5 nitrogen and oxygen atoms in total. The number of rotatable bonds is 3. The third-order valence-corrected chi connectivity index (χ3v) is 4.69. The van der Waals surface area contributed by atoms with Crippen LogP contribution in [-0.2, 0) is 4.79 Å². The molecule has 0 saturated heterocycles. The average Bonchev–Trinajstić information content (AvgIpc) is 3.03. The summed E-state index contributed by atoms with van der Waals surface area (Å²) >= 11 is 6.07. The van der Waals surface area contributed by atoms with E-state index < -0.39 is 23.9 Å². The second-order valence-electron chi connectivity index (χ2n) is 6.08. The van der Waals surface area contributed by atoms with Crippen LogP contribution in [-0.4, -0.2) is 27.3 Å². The van der Waals surface area contributed by atoms with Gasteiger partial charge in [0.05, 0.1) is 10.9 Å². The van der Waals surface area contributed by atoms with E-state index in [4.69, 9.17) is 11.6 Å². The molecule has 0 spiro atoms. The van der Waals surface area contributed by atoms with Gasteiger partial charge in [0.25, 0.3) is 0 Å². The molecule has 1 aromatic heterocycles. The van der Waals surface area contributed by atoms with Gasteiger partial charge in [-0.3, -0.25) is 15.2 Å². The number of benzene rings is 1. The maximum atomic E-state index is 12.9. The third kappa shape index (κ3) is 4.12. The zero-order valence-corrected chi connectivity index (χ0v) is 13.9. The Bertz CT molecular complexity index is 762. The van der Waals surface area contributed by atoms with Gasteiger partial charge < -0.3 is 0 Å². The number of nitrogens with zero attached hydrogens (tertiary/aromatic N) is 2. The molecule has 1 fully saturated rings. The predicted molar refractivity (Wildman–Crippen MR) is 87.0 cm³/mol. The van der Waals surface area contributed by atoms with Crippen molar-refractivity contribution >= 4 is 23.5 Å². The van der Waals surface area contributed by atoms with E-state index in [9.17, 15) is 18.0 Å². The smallest absolute Gasteiger partial charge is 0.293 e. The van der Waals surface area contributed by atoms with Crippen LogP contribution in [0.15, 0.2) is 24.3 Å². The number of hydrogen-bond donors (Lipinski definition) is 2. The number of amides is 1. The molecule has 2 atom stereocenters. The lowest BCUT2D eigenvalue weighted by Crippen LogP contribution is -2.34. The second kappa shape index (κ2) is 7.03. The molecule has 1 amide bonds. The van der Waals surface area contributed by atoms with Crippen LogP contribution in [0.4, 0.5) is 19.1 Å². The number of aromatic amines is 1. The number of H-pyrrole nitrogens is 1. The maximum Gasteiger partial charge on any atom is 0.391 e. The number of anilines is 1. The Hall–Kier alpha value is -2.09. The summed E-state index contributed by atoms with van der Waals surface area (Å²) in [4.78, 5) is 16.4. The van der Waals surface area contributed by atoms with E-state index in [1.807, 2.05) is 0 Å². The number of nitrogens with one attached hydrogen (secondary N) is 2. The fraction of sp³-hybridized carbons (Fsp3) is 0.438. The van der Waals surface area contributed by atoms with E-state index in [2.05, 4.69) is 20.5 Å². The molecule has 0 aliphatic heterocycles. The van der Waals surface area contributed by atoms with Crippen molar-refractivity contribution in [2.24, 2.45) is 11.8 Å². The van der Waals surface area contributed by atoms with E-state index in [0.29, 0.717) is 29.3 Å². The molecular formula is C16H16ClF3N4O. The molecule has 0 bridgehead atoms. The summed E-state index contributed by atoms with van der Waals surface area (Å²) in [5.41, 5.74) is 0.618. The van der Waals surface area contributed by atoms with Crippen LogP contribution in [0.1, 0.15) is 25.7 Å². The van der Waals surface area contributed by atoms with Gasteiger partial charge in [0.2, 0.25) is 11.9 Å². The second-order valence-corrected chi connectivity index (χ2v) is 6.49. The van der Waals surface area contributed by atoms with Gasteiger partial charge in [0.15, 0.2) is 5.82 Å². The first-order valence-electron chi connectivity index (χ1n) is 7.89. The van der Waals surface area contributed by atoms with E-state index in [-0.39, 0.29) is 18.8 Å². The molecule has 25 heavy (non-hydrogen) atoms. The Labute approximate surface area is 147 Å². The number of carbonyl (C=O) groups excluding carboxylic acids is 1. The molecule has 0 radical (unpaired) electrons. The monoisotopic (exact) mass is 372 g/mol. The van der Waals surface area contributed by atoms with Gasteiger partial charge in [-0.15, -0.1) is 5.10 Å². The van der Waals surface area contributed by atoms with Gasteiger partial charge in [0.1, 0.15) is 0 Å². The van der Waals surface area contributed by atoms with Crippen LogP contribution in [0.5, 0.6) is 0 Å². The molecule has 2 unspecified atom stereocenters. The fourth-order valence-electron chi connectivity index (χ4n) is 3.03. The van der Waals surface area contributed by atoms with E-state index >= 15 is 0 Å². The SMILES string of the molecule is O=C(Nc1n[nH]c(-c2ccccc2Cl)n1)C1CCCC(C(F)(F)F)C1. The summed E-state index contributed by atoms with van der Waals surface area (Å²) in [6, 6.07) is 6.98. The maximum absolute atomic E-state index is 12.9. The van der Waals surface area contributed by atoms with Gasteiger partial charge >= 0.3 is 6.18 Å². The van der Waals surface area contributed by atoms with Crippen molar-refractivity contribution < 1.29 is 18.0 Å². The van der Waals surface area contributed by atoms with E-state index in [0.717, 1.165) is 0 Å². The molecule has 2 aromatic rings. The molecule has 9 heteroatoms. The Balaban J connectivity index is 1.67. The van der Waals surface area contributed by atoms with Crippen LogP contribution in [0, 0.1) is 11.8 Å². The Kier molecular flexibility index (Phi) is 4.99. The van der Waals surface area contributed by atoms with Gasteiger partial charge in [-0.25, -0.2) is 0 Å². The zero-order chi connectivity index (χ0) is 18.0. The number of aromatic nitrogens is 3. The lowest BCUT2D eigenvalue weighted by Gasteiger charge is -2.29. The minimum absolute atomic E-state index is 0.0223. The molecule has 2 N–H and O–H groups in total. The Morgan fingerprint density at radius 3 is 2.76 bits per heavy atom. The van der Waals surface area contributed by atoms with Gasteiger partial charge in [0, 0.05) is 11.5 Å². The molecule has 1 aliphatic carbocycles. The topological polar surface area (TPSA) is 70.7 Å². The van der Waals surface area contributed by atoms with Crippen molar-refractivity contribution in [3.63, 3.8) is 0 Å². The van der Waals surface area contributed by atoms with Crippen LogP contribution in [0.25, 0.3) is 11.4 Å². The molecule has 1 aliphatic rings. The number of carbonyl (C=O) groups is 1.